The molecule has 0 aliphatic carbocycles. The van der Waals surface area contributed by atoms with Gasteiger partial charge in [0.1, 0.15) is 0 Å². The zero-order valence-corrected chi connectivity index (χ0v) is 6.90. The normalized spacial score (nSPS) is 11.0. The summed E-state index contributed by atoms with van der Waals surface area (Å²) in [6, 6.07) is 10.0. The lowest BCUT2D eigenvalue weighted by molar-refractivity contribution is 1.57. The summed E-state index contributed by atoms with van der Waals surface area (Å²) in [7, 11) is 0. The first-order valence-electron chi connectivity index (χ1n) is 3.86. The molecule has 0 fully saturated rings. The Morgan fingerprint density at radius 1 is 1.08 bits per heavy atom. The molecule has 12 heavy (non-hydrogen) atoms. The quantitative estimate of drug-likeness (QED) is 0.588. The van der Waals surface area contributed by atoms with Crippen LogP contribution in [-0.4, -0.2) is 0 Å². The third-order valence-electron chi connectivity index (χ3n) is 1.37. The number of hydrogen-bond acceptors (Lipinski definition) is 0. The van der Waals surface area contributed by atoms with Gasteiger partial charge < -0.3 is 0 Å². The minimum absolute atomic E-state index is 1.09. The number of hydrogen-bond donors (Lipinski definition) is 0. The van der Waals surface area contributed by atoms with E-state index in [0.29, 0.717) is 0 Å². The summed E-state index contributed by atoms with van der Waals surface area (Å²) in [4.78, 5) is 0. The van der Waals surface area contributed by atoms with E-state index in [2.05, 4.69) is 12.7 Å². The summed E-state index contributed by atoms with van der Waals surface area (Å²) < 4.78 is 0. The topological polar surface area (TPSA) is 0 Å². The van der Waals surface area contributed by atoms with Crippen LogP contribution in [0.3, 0.4) is 0 Å². The van der Waals surface area contributed by atoms with Crippen LogP contribution in [0.25, 0.3) is 0 Å². The van der Waals surface area contributed by atoms with Gasteiger partial charge in [-0.3, -0.25) is 0 Å². The van der Waals surface area contributed by atoms with Gasteiger partial charge >= 0.3 is 0 Å². The van der Waals surface area contributed by atoms with Gasteiger partial charge in [0.2, 0.25) is 0 Å². The highest BCUT2D eigenvalue weighted by molar-refractivity contribution is 5.24. The molecule has 0 bridgehead atoms. The van der Waals surface area contributed by atoms with E-state index in [1.54, 1.807) is 6.08 Å². The van der Waals surface area contributed by atoms with Crippen molar-refractivity contribution in [1.29, 1.82) is 0 Å². The standard InChI is InChI=1S/C12H11/c1-2-3-4-6-9-12-10-7-5-8-11-12/h2-8,10-11H,1H2/b4-3+,9-6?. The molecule has 0 atom stereocenters. The molecule has 0 saturated heterocycles. The second-order valence-electron chi connectivity index (χ2n) is 2.30. The minimum atomic E-state index is 1.09. The van der Waals surface area contributed by atoms with Crippen LogP contribution >= 0.6 is 0 Å². The summed E-state index contributed by atoms with van der Waals surface area (Å²) in [6.07, 6.45) is 10.5. The van der Waals surface area contributed by atoms with Crippen molar-refractivity contribution in [3.63, 3.8) is 0 Å². The summed E-state index contributed by atoms with van der Waals surface area (Å²) >= 11 is 0. The average molecular weight is 155 g/mol. The highest BCUT2D eigenvalue weighted by Gasteiger charge is 1.79. The van der Waals surface area contributed by atoms with Crippen molar-refractivity contribution in [2.45, 2.75) is 0 Å². The monoisotopic (exact) mass is 155 g/mol. The smallest absolute Gasteiger partial charge is 0.0105 e. The van der Waals surface area contributed by atoms with Crippen molar-refractivity contribution in [3.8, 4) is 0 Å². The maximum Gasteiger partial charge on any atom is -0.0105 e. The van der Waals surface area contributed by atoms with Crippen molar-refractivity contribution < 1.29 is 0 Å². The maximum atomic E-state index is 3.57. The van der Waals surface area contributed by atoms with Crippen LogP contribution in [0.5, 0.6) is 0 Å². The van der Waals surface area contributed by atoms with Gasteiger partial charge in [-0.1, -0.05) is 61.2 Å². The Hall–Kier alpha value is -1.56. The van der Waals surface area contributed by atoms with Crippen LogP contribution in [0.15, 0.2) is 61.2 Å². The molecule has 59 valence electrons. The van der Waals surface area contributed by atoms with Gasteiger partial charge in [0.05, 0.1) is 0 Å². The average Bonchev–Trinajstić information content (AvgIpc) is 2.14. The summed E-state index contributed by atoms with van der Waals surface area (Å²) in [6.45, 7) is 3.57. The minimum Gasteiger partial charge on any atom is -0.0991 e. The third kappa shape index (κ3) is 3.02. The van der Waals surface area contributed by atoms with Gasteiger partial charge in [-0.25, -0.2) is 0 Å². The Balaban J connectivity index is 2.58. The Kier molecular flexibility index (Phi) is 3.65. The molecule has 0 aromatic heterocycles. The molecule has 0 spiro atoms. The summed E-state index contributed by atoms with van der Waals surface area (Å²) in [5.74, 6) is 0. The van der Waals surface area contributed by atoms with Crippen molar-refractivity contribution in [3.05, 3.63) is 72.9 Å². The Morgan fingerprint density at radius 3 is 2.50 bits per heavy atom. The molecule has 0 amide bonds. The van der Waals surface area contributed by atoms with Crippen LogP contribution in [0, 0.1) is 6.08 Å². The van der Waals surface area contributed by atoms with Gasteiger partial charge in [0.25, 0.3) is 0 Å². The first kappa shape index (κ1) is 8.54. The van der Waals surface area contributed by atoms with Crippen LogP contribution in [0.1, 0.15) is 5.56 Å². The molecule has 1 rings (SSSR count). The second-order valence-corrected chi connectivity index (χ2v) is 2.30. The fraction of sp³-hybridized carbons (Fsp3) is 0. The largest absolute Gasteiger partial charge is 0.0991 e. The van der Waals surface area contributed by atoms with Gasteiger partial charge in [-0.05, 0) is 11.6 Å². The molecule has 0 aliphatic heterocycles. The van der Waals surface area contributed by atoms with E-state index >= 15 is 0 Å². The van der Waals surface area contributed by atoms with Crippen LogP contribution in [0.2, 0.25) is 0 Å². The lowest BCUT2D eigenvalue weighted by atomic mass is 10.2. The molecule has 0 nitrogen and oxygen atoms in total. The number of rotatable bonds is 3. The summed E-state index contributed by atoms with van der Waals surface area (Å²) in [5, 5.41) is 0. The van der Waals surface area contributed by atoms with Crippen molar-refractivity contribution >= 4 is 0 Å². The molecule has 1 aromatic carbocycles. The fourth-order valence-corrected chi connectivity index (χ4v) is 0.813. The van der Waals surface area contributed by atoms with Crippen LogP contribution in [-0.2, 0) is 0 Å². The third-order valence-corrected chi connectivity index (χ3v) is 1.37. The Morgan fingerprint density at radius 2 is 1.83 bits per heavy atom. The predicted molar refractivity (Wildman–Crippen MR) is 52.7 cm³/mol. The lowest BCUT2D eigenvalue weighted by Gasteiger charge is -1.86. The molecular formula is C12H11. The molecule has 0 unspecified atom stereocenters. The highest BCUT2D eigenvalue weighted by atomic mass is 13.8. The highest BCUT2D eigenvalue weighted by Crippen LogP contribution is 1.97. The van der Waals surface area contributed by atoms with Crippen molar-refractivity contribution in [1.82, 2.24) is 0 Å². The molecule has 0 heterocycles. The van der Waals surface area contributed by atoms with E-state index in [9.17, 15) is 0 Å². The number of benzene rings is 1. The summed E-state index contributed by atoms with van der Waals surface area (Å²) in [5.41, 5.74) is 1.09. The van der Waals surface area contributed by atoms with Crippen molar-refractivity contribution in [2.24, 2.45) is 0 Å². The van der Waals surface area contributed by atoms with Gasteiger partial charge in [0, 0.05) is 0 Å². The van der Waals surface area contributed by atoms with Gasteiger partial charge in [0.15, 0.2) is 0 Å². The van der Waals surface area contributed by atoms with E-state index in [0.717, 1.165) is 5.56 Å². The van der Waals surface area contributed by atoms with Gasteiger partial charge in [-0.15, -0.1) is 0 Å². The number of allylic oxidation sites excluding steroid dienone is 4. The fourth-order valence-electron chi connectivity index (χ4n) is 0.813. The van der Waals surface area contributed by atoms with E-state index in [1.807, 2.05) is 48.6 Å². The zero-order valence-electron chi connectivity index (χ0n) is 6.90. The molecule has 1 radical (unpaired) electrons. The van der Waals surface area contributed by atoms with E-state index in [4.69, 9.17) is 0 Å². The molecule has 0 heteroatoms. The van der Waals surface area contributed by atoms with Gasteiger partial charge in [-0.2, -0.15) is 0 Å². The van der Waals surface area contributed by atoms with Crippen LogP contribution < -0.4 is 0 Å². The Labute approximate surface area is 73.6 Å². The first-order chi connectivity index (χ1) is 5.93. The Bertz CT molecular complexity index is 278. The molecular weight excluding hydrogens is 144 g/mol. The van der Waals surface area contributed by atoms with Crippen LogP contribution in [0.4, 0.5) is 0 Å². The van der Waals surface area contributed by atoms with Crippen molar-refractivity contribution in [2.75, 3.05) is 0 Å². The first-order valence-corrected chi connectivity index (χ1v) is 3.86. The predicted octanol–water partition coefficient (Wildman–Crippen LogP) is 3.14. The SMILES string of the molecule is C=C/C=C/C=[C]\c1ccccc1. The zero-order chi connectivity index (χ0) is 8.65. The molecule has 0 N–H and O–H groups in total. The lowest BCUT2D eigenvalue weighted by Crippen LogP contribution is -1.68. The molecule has 1 aromatic rings. The maximum absolute atomic E-state index is 3.57. The van der Waals surface area contributed by atoms with E-state index in [1.165, 1.54) is 0 Å². The second kappa shape index (κ2) is 5.14. The van der Waals surface area contributed by atoms with E-state index < -0.39 is 0 Å². The molecule has 0 aliphatic rings. The molecule has 0 saturated carbocycles. The van der Waals surface area contributed by atoms with E-state index in [-0.39, 0.29) is 0 Å².